The van der Waals surface area contributed by atoms with Crippen LogP contribution in [0.15, 0.2) is 0 Å². The summed E-state index contributed by atoms with van der Waals surface area (Å²) in [6.07, 6.45) is 10.2. The second-order valence-electron chi connectivity index (χ2n) is 4.11. The van der Waals surface area contributed by atoms with Gasteiger partial charge in [-0.15, -0.1) is 0 Å². The fraction of sp³-hybridized carbons (Fsp3) is 1.00. The number of hydrogen-bond acceptors (Lipinski definition) is 1. The van der Waals surface area contributed by atoms with E-state index < -0.39 is 0 Å². The molecule has 0 aromatic carbocycles. The normalized spacial score (nSPS) is 29.5. The van der Waals surface area contributed by atoms with Crippen molar-refractivity contribution in [3.63, 3.8) is 0 Å². The SMILES string of the molecule is CCCCCC[C@@H]1CCC[C@H]1O. The molecule has 1 heteroatoms. The van der Waals surface area contributed by atoms with Gasteiger partial charge in [0.05, 0.1) is 6.10 Å². The van der Waals surface area contributed by atoms with Crippen molar-refractivity contribution in [2.24, 2.45) is 5.92 Å². The summed E-state index contributed by atoms with van der Waals surface area (Å²) in [4.78, 5) is 0. The largest absolute Gasteiger partial charge is 0.393 e. The van der Waals surface area contributed by atoms with Crippen molar-refractivity contribution in [2.45, 2.75) is 64.4 Å². The van der Waals surface area contributed by atoms with E-state index in [0.29, 0.717) is 5.92 Å². The Morgan fingerprint density at radius 2 is 2.00 bits per heavy atom. The van der Waals surface area contributed by atoms with E-state index in [0.717, 1.165) is 6.42 Å². The molecule has 0 radical (unpaired) electrons. The van der Waals surface area contributed by atoms with Crippen LogP contribution in [0.5, 0.6) is 0 Å². The lowest BCUT2D eigenvalue weighted by Crippen LogP contribution is -2.12. The highest BCUT2D eigenvalue weighted by atomic mass is 16.3. The average molecular weight is 170 g/mol. The van der Waals surface area contributed by atoms with Crippen LogP contribution in [0.2, 0.25) is 0 Å². The highest BCUT2D eigenvalue weighted by molar-refractivity contribution is 4.76. The Hall–Kier alpha value is -0.0400. The maximum Gasteiger partial charge on any atom is 0.0568 e. The Morgan fingerprint density at radius 3 is 2.58 bits per heavy atom. The minimum Gasteiger partial charge on any atom is -0.393 e. The van der Waals surface area contributed by atoms with Gasteiger partial charge in [-0.1, -0.05) is 39.0 Å². The standard InChI is InChI=1S/C11H22O/c1-2-3-4-5-7-10-8-6-9-11(10)12/h10-12H,2-9H2,1H3/t10-,11-/m1/s1. The highest BCUT2D eigenvalue weighted by Crippen LogP contribution is 2.29. The van der Waals surface area contributed by atoms with Crippen molar-refractivity contribution in [1.29, 1.82) is 0 Å². The Morgan fingerprint density at radius 1 is 1.17 bits per heavy atom. The molecule has 0 aromatic heterocycles. The first-order valence-electron chi connectivity index (χ1n) is 5.52. The van der Waals surface area contributed by atoms with Crippen LogP contribution in [-0.4, -0.2) is 11.2 Å². The van der Waals surface area contributed by atoms with Crippen molar-refractivity contribution < 1.29 is 5.11 Å². The summed E-state index contributed by atoms with van der Waals surface area (Å²) >= 11 is 0. The van der Waals surface area contributed by atoms with Crippen molar-refractivity contribution in [1.82, 2.24) is 0 Å². The molecule has 1 saturated carbocycles. The van der Waals surface area contributed by atoms with Gasteiger partial charge in [-0.3, -0.25) is 0 Å². The van der Waals surface area contributed by atoms with Gasteiger partial charge in [-0.25, -0.2) is 0 Å². The van der Waals surface area contributed by atoms with E-state index in [1.807, 2.05) is 0 Å². The van der Waals surface area contributed by atoms with Crippen LogP contribution in [-0.2, 0) is 0 Å². The first-order valence-corrected chi connectivity index (χ1v) is 5.52. The number of hydrogen-bond donors (Lipinski definition) is 1. The van der Waals surface area contributed by atoms with Gasteiger partial charge in [-0.2, -0.15) is 0 Å². The van der Waals surface area contributed by atoms with Crippen LogP contribution in [0.1, 0.15) is 58.3 Å². The summed E-state index contributed by atoms with van der Waals surface area (Å²) in [5.41, 5.74) is 0. The average Bonchev–Trinajstić information content (AvgIpc) is 2.46. The molecule has 0 aromatic rings. The van der Waals surface area contributed by atoms with E-state index in [-0.39, 0.29) is 6.10 Å². The van der Waals surface area contributed by atoms with Gasteiger partial charge < -0.3 is 5.11 Å². The third-order valence-corrected chi connectivity index (χ3v) is 3.05. The topological polar surface area (TPSA) is 20.2 Å². The first-order chi connectivity index (χ1) is 5.84. The van der Waals surface area contributed by atoms with Gasteiger partial charge in [0.2, 0.25) is 0 Å². The minimum absolute atomic E-state index is 0.0339. The smallest absolute Gasteiger partial charge is 0.0568 e. The maximum atomic E-state index is 9.55. The van der Waals surface area contributed by atoms with Crippen LogP contribution in [0, 0.1) is 5.92 Å². The van der Waals surface area contributed by atoms with E-state index in [4.69, 9.17) is 0 Å². The maximum absolute atomic E-state index is 9.55. The van der Waals surface area contributed by atoms with Crippen molar-refractivity contribution in [2.75, 3.05) is 0 Å². The van der Waals surface area contributed by atoms with Crippen LogP contribution in [0.25, 0.3) is 0 Å². The van der Waals surface area contributed by atoms with E-state index in [1.54, 1.807) is 0 Å². The van der Waals surface area contributed by atoms with E-state index in [9.17, 15) is 5.11 Å². The third-order valence-electron chi connectivity index (χ3n) is 3.05. The van der Waals surface area contributed by atoms with Gasteiger partial charge in [0.15, 0.2) is 0 Å². The lowest BCUT2D eigenvalue weighted by molar-refractivity contribution is 0.126. The predicted molar refractivity (Wildman–Crippen MR) is 52.1 cm³/mol. The lowest BCUT2D eigenvalue weighted by Gasteiger charge is -2.13. The van der Waals surface area contributed by atoms with Crippen molar-refractivity contribution >= 4 is 0 Å². The first kappa shape index (κ1) is 10.0. The molecule has 0 aliphatic heterocycles. The zero-order chi connectivity index (χ0) is 8.81. The molecule has 0 spiro atoms. The van der Waals surface area contributed by atoms with E-state index >= 15 is 0 Å². The number of aliphatic hydroxyl groups excluding tert-OH is 1. The highest BCUT2D eigenvalue weighted by Gasteiger charge is 2.23. The summed E-state index contributed by atoms with van der Waals surface area (Å²) in [5.74, 6) is 0.641. The van der Waals surface area contributed by atoms with Crippen molar-refractivity contribution in [3.05, 3.63) is 0 Å². The molecule has 0 amide bonds. The molecule has 1 fully saturated rings. The molecular weight excluding hydrogens is 148 g/mol. The Bertz CT molecular complexity index is 112. The van der Waals surface area contributed by atoms with Crippen LogP contribution in [0.4, 0.5) is 0 Å². The molecule has 0 bridgehead atoms. The van der Waals surface area contributed by atoms with Gasteiger partial charge in [0.25, 0.3) is 0 Å². The monoisotopic (exact) mass is 170 g/mol. The quantitative estimate of drug-likeness (QED) is 0.628. The molecule has 1 rings (SSSR count). The van der Waals surface area contributed by atoms with Gasteiger partial charge in [0.1, 0.15) is 0 Å². The summed E-state index contributed by atoms with van der Waals surface area (Å²) in [6, 6.07) is 0. The zero-order valence-corrected chi connectivity index (χ0v) is 8.26. The summed E-state index contributed by atoms with van der Waals surface area (Å²) in [6.45, 7) is 2.24. The predicted octanol–water partition coefficient (Wildman–Crippen LogP) is 3.12. The Kier molecular flexibility index (Phi) is 4.67. The van der Waals surface area contributed by atoms with Gasteiger partial charge in [0, 0.05) is 0 Å². The molecule has 1 N–H and O–H groups in total. The third kappa shape index (κ3) is 3.14. The van der Waals surface area contributed by atoms with Gasteiger partial charge >= 0.3 is 0 Å². The molecular formula is C11H22O. The summed E-state index contributed by atoms with van der Waals surface area (Å²) < 4.78 is 0. The Balaban J connectivity index is 1.98. The van der Waals surface area contributed by atoms with Gasteiger partial charge in [-0.05, 0) is 25.2 Å². The second-order valence-corrected chi connectivity index (χ2v) is 4.11. The molecule has 0 unspecified atom stereocenters. The molecule has 1 aliphatic rings. The molecule has 0 heterocycles. The molecule has 1 aliphatic carbocycles. The van der Waals surface area contributed by atoms with Crippen LogP contribution >= 0.6 is 0 Å². The summed E-state index contributed by atoms with van der Waals surface area (Å²) in [5, 5.41) is 9.55. The molecule has 72 valence electrons. The molecule has 1 nitrogen and oxygen atoms in total. The number of rotatable bonds is 5. The van der Waals surface area contributed by atoms with Crippen LogP contribution in [0.3, 0.4) is 0 Å². The molecule has 0 saturated heterocycles. The lowest BCUT2D eigenvalue weighted by atomic mass is 9.98. The fourth-order valence-corrected chi connectivity index (χ4v) is 2.19. The number of unbranched alkanes of at least 4 members (excludes halogenated alkanes) is 3. The molecule has 2 atom stereocenters. The molecule has 12 heavy (non-hydrogen) atoms. The van der Waals surface area contributed by atoms with Crippen molar-refractivity contribution in [3.8, 4) is 0 Å². The Labute approximate surface area is 76.2 Å². The summed E-state index contributed by atoms with van der Waals surface area (Å²) in [7, 11) is 0. The van der Waals surface area contributed by atoms with Crippen LogP contribution < -0.4 is 0 Å². The zero-order valence-electron chi connectivity index (χ0n) is 8.26. The fourth-order valence-electron chi connectivity index (χ4n) is 2.19. The minimum atomic E-state index is 0.0339. The number of aliphatic hydroxyl groups is 1. The second kappa shape index (κ2) is 5.58. The van der Waals surface area contributed by atoms with E-state index in [2.05, 4.69) is 6.92 Å². The van der Waals surface area contributed by atoms with E-state index in [1.165, 1.54) is 44.9 Å².